The van der Waals surface area contributed by atoms with E-state index >= 15 is 0 Å². The normalized spacial score (nSPS) is 17.2. The summed E-state index contributed by atoms with van der Waals surface area (Å²) in [5.41, 5.74) is 0.235. The van der Waals surface area contributed by atoms with Gasteiger partial charge in [-0.2, -0.15) is 0 Å². The molecule has 1 aliphatic rings. The molecule has 1 aromatic heterocycles. The summed E-state index contributed by atoms with van der Waals surface area (Å²) in [7, 11) is 0. The van der Waals surface area contributed by atoms with E-state index in [1.165, 1.54) is 5.38 Å². The summed E-state index contributed by atoms with van der Waals surface area (Å²) < 4.78 is 0. The lowest BCUT2D eigenvalue weighted by atomic mass is 10.0. The van der Waals surface area contributed by atoms with E-state index in [9.17, 15) is 19.2 Å². The standard InChI is InChI=1S/C19H19ClN4O5S/c1-9(2)7-13(15(25)23-18-21-12(8-30-18)17(27)28)24-16(26)14(22-19(24)29)10-5-3-4-6-11(10)20/h3-6,8-9,13-14H,7H2,1-2H3,(H,22,29)(H,27,28)(H,21,23,25)/t13-,14?/m0/s1. The Bertz CT molecular complexity index is 1010. The molecule has 3 N–H and O–H groups in total. The first kappa shape index (κ1) is 21.7. The number of nitrogens with zero attached hydrogens (tertiary/aromatic N) is 2. The lowest BCUT2D eigenvalue weighted by molar-refractivity contribution is -0.134. The van der Waals surface area contributed by atoms with Crippen molar-refractivity contribution in [2.24, 2.45) is 5.92 Å². The monoisotopic (exact) mass is 450 g/mol. The highest BCUT2D eigenvalue weighted by Crippen LogP contribution is 2.30. The van der Waals surface area contributed by atoms with Crippen LogP contribution in [0.2, 0.25) is 5.02 Å². The van der Waals surface area contributed by atoms with E-state index in [1.54, 1.807) is 24.3 Å². The molecule has 0 aliphatic carbocycles. The number of halogens is 1. The van der Waals surface area contributed by atoms with E-state index < -0.39 is 35.9 Å². The number of carboxylic acid groups (broad SMARTS) is 1. The first-order valence-electron chi connectivity index (χ1n) is 9.06. The number of hydrogen-bond acceptors (Lipinski definition) is 6. The number of carbonyl (C=O) groups is 4. The van der Waals surface area contributed by atoms with Crippen LogP contribution in [0.3, 0.4) is 0 Å². The van der Waals surface area contributed by atoms with Crippen molar-refractivity contribution in [1.82, 2.24) is 15.2 Å². The number of carbonyl (C=O) groups excluding carboxylic acids is 3. The fraction of sp³-hybridized carbons (Fsp3) is 0.316. The van der Waals surface area contributed by atoms with Crippen molar-refractivity contribution in [1.29, 1.82) is 0 Å². The van der Waals surface area contributed by atoms with Gasteiger partial charge >= 0.3 is 12.0 Å². The van der Waals surface area contributed by atoms with Gasteiger partial charge in [0, 0.05) is 16.0 Å². The number of rotatable bonds is 7. The fourth-order valence-corrected chi connectivity index (χ4v) is 4.04. The number of nitrogens with one attached hydrogen (secondary N) is 2. The van der Waals surface area contributed by atoms with Crippen molar-refractivity contribution in [2.45, 2.75) is 32.4 Å². The predicted octanol–water partition coefficient (Wildman–Crippen LogP) is 3.14. The first-order chi connectivity index (χ1) is 14.2. The molecule has 9 nitrogen and oxygen atoms in total. The Labute approximate surface area is 181 Å². The molecule has 2 atom stereocenters. The van der Waals surface area contributed by atoms with Gasteiger partial charge in [0.2, 0.25) is 5.91 Å². The van der Waals surface area contributed by atoms with Crippen LogP contribution in [-0.2, 0) is 9.59 Å². The number of anilines is 1. The molecule has 1 saturated heterocycles. The van der Waals surface area contributed by atoms with E-state index in [-0.39, 0.29) is 23.2 Å². The molecule has 0 spiro atoms. The van der Waals surface area contributed by atoms with E-state index in [0.717, 1.165) is 16.2 Å². The minimum Gasteiger partial charge on any atom is -0.476 e. The molecule has 0 radical (unpaired) electrons. The Balaban J connectivity index is 1.86. The number of aromatic carboxylic acids is 1. The van der Waals surface area contributed by atoms with Crippen molar-refractivity contribution in [2.75, 3.05) is 5.32 Å². The molecule has 2 heterocycles. The summed E-state index contributed by atoms with van der Waals surface area (Å²) in [6, 6.07) is 3.86. The molecule has 0 saturated carbocycles. The Hall–Kier alpha value is -2.98. The molecule has 4 amide bonds. The average Bonchev–Trinajstić information content (AvgIpc) is 3.25. The van der Waals surface area contributed by atoms with Crippen molar-refractivity contribution >= 4 is 51.9 Å². The molecule has 1 aliphatic heterocycles. The highest BCUT2D eigenvalue weighted by atomic mass is 35.5. The highest BCUT2D eigenvalue weighted by molar-refractivity contribution is 7.14. The van der Waals surface area contributed by atoms with E-state index in [2.05, 4.69) is 15.6 Å². The number of benzene rings is 1. The third-order valence-corrected chi connectivity index (χ3v) is 5.55. The summed E-state index contributed by atoms with van der Waals surface area (Å²) in [6.45, 7) is 3.71. The molecule has 30 heavy (non-hydrogen) atoms. The van der Waals surface area contributed by atoms with Gasteiger partial charge in [-0.25, -0.2) is 19.5 Å². The van der Waals surface area contributed by atoms with Crippen LogP contribution in [0.15, 0.2) is 29.6 Å². The lowest BCUT2D eigenvalue weighted by Gasteiger charge is -2.25. The van der Waals surface area contributed by atoms with Crippen LogP contribution >= 0.6 is 22.9 Å². The smallest absolute Gasteiger partial charge is 0.355 e. The van der Waals surface area contributed by atoms with Crippen molar-refractivity contribution in [3.63, 3.8) is 0 Å². The third kappa shape index (κ3) is 4.44. The van der Waals surface area contributed by atoms with Crippen LogP contribution in [0.1, 0.15) is 42.4 Å². The van der Waals surface area contributed by atoms with Crippen LogP contribution in [0.5, 0.6) is 0 Å². The topological polar surface area (TPSA) is 129 Å². The molecular weight excluding hydrogens is 432 g/mol. The predicted molar refractivity (Wildman–Crippen MR) is 111 cm³/mol. The number of carboxylic acids is 1. The molecule has 1 unspecified atom stereocenters. The minimum absolute atomic E-state index is 0.00779. The van der Waals surface area contributed by atoms with Gasteiger partial charge in [0.05, 0.1) is 0 Å². The van der Waals surface area contributed by atoms with E-state index in [4.69, 9.17) is 16.7 Å². The number of aromatic nitrogens is 1. The van der Waals surface area contributed by atoms with Crippen LogP contribution in [0.25, 0.3) is 0 Å². The lowest BCUT2D eigenvalue weighted by Crippen LogP contribution is -2.48. The van der Waals surface area contributed by atoms with E-state index in [0.29, 0.717) is 10.6 Å². The van der Waals surface area contributed by atoms with Crippen molar-refractivity contribution < 1.29 is 24.3 Å². The third-order valence-electron chi connectivity index (χ3n) is 4.45. The van der Waals surface area contributed by atoms with Gasteiger partial charge in [-0.05, 0) is 18.4 Å². The average molecular weight is 451 g/mol. The van der Waals surface area contributed by atoms with Gasteiger partial charge in [0.15, 0.2) is 10.8 Å². The second kappa shape index (κ2) is 8.80. The van der Waals surface area contributed by atoms with Crippen molar-refractivity contribution in [3.8, 4) is 0 Å². The summed E-state index contributed by atoms with van der Waals surface area (Å²) in [5.74, 6) is -2.44. The molecule has 3 rings (SSSR count). The molecule has 1 aromatic carbocycles. The summed E-state index contributed by atoms with van der Waals surface area (Å²) in [5, 5.41) is 15.8. The zero-order valence-corrected chi connectivity index (χ0v) is 17.7. The molecule has 2 aromatic rings. The maximum Gasteiger partial charge on any atom is 0.355 e. The number of amides is 4. The highest BCUT2D eigenvalue weighted by Gasteiger charge is 2.46. The molecule has 1 fully saturated rings. The van der Waals surface area contributed by atoms with Gasteiger partial charge < -0.3 is 15.7 Å². The maximum atomic E-state index is 13.1. The van der Waals surface area contributed by atoms with Crippen LogP contribution < -0.4 is 10.6 Å². The van der Waals surface area contributed by atoms with Crippen molar-refractivity contribution in [3.05, 3.63) is 45.9 Å². The van der Waals surface area contributed by atoms with Gasteiger partial charge in [-0.3, -0.25) is 9.59 Å². The molecule has 158 valence electrons. The zero-order chi connectivity index (χ0) is 22.0. The number of imide groups is 1. The van der Waals surface area contributed by atoms with Gasteiger partial charge in [-0.15, -0.1) is 11.3 Å². The zero-order valence-electron chi connectivity index (χ0n) is 16.1. The van der Waals surface area contributed by atoms with Gasteiger partial charge in [0.25, 0.3) is 5.91 Å². The Morgan fingerprint density at radius 1 is 1.33 bits per heavy atom. The Kier molecular flexibility index (Phi) is 6.37. The molecular formula is C19H19ClN4O5S. The number of hydrogen-bond donors (Lipinski definition) is 3. The number of urea groups is 1. The maximum absolute atomic E-state index is 13.1. The van der Waals surface area contributed by atoms with E-state index in [1.807, 2.05) is 13.8 Å². The van der Waals surface area contributed by atoms with Crippen LogP contribution in [0.4, 0.5) is 9.93 Å². The van der Waals surface area contributed by atoms with Gasteiger partial charge in [0.1, 0.15) is 12.1 Å². The number of thiazole rings is 1. The summed E-state index contributed by atoms with van der Waals surface area (Å²) >= 11 is 7.11. The molecule has 11 heteroatoms. The summed E-state index contributed by atoms with van der Waals surface area (Å²) in [6.07, 6.45) is 0.220. The fourth-order valence-electron chi connectivity index (χ4n) is 3.10. The first-order valence-corrected chi connectivity index (χ1v) is 10.3. The minimum atomic E-state index is -1.22. The van der Waals surface area contributed by atoms with Crippen LogP contribution in [0, 0.1) is 5.92 Å². The van der Waals surface area contributed by atoms with Crippen LogP contribution in [-0.4, -0.2) is 44.8 Å². The SMILES string of the molecule is CC(C)C[C@@H](C(=O)Nc1nc(C(=O)O)cs1)N1C(=O)NC(c2ccccc2Cl)C1=O. The quantitative estimate of drug-likeness (QED) is 0.556. The van der Waals surface area contributed by atoms with Gasteiger partial charge in [-0.1, -0.05) is 43.6 Å². The Morgan fingerprint density at radius 2 is 2.03 bits per heavy atom. The second-order valence-corrected chi connectivity index (χ2v) is 8.36. The molecule has 0 bridgehead atoms. The Morgan fingerprint density at radius 3 is 2.63 bits per heavy atom. The largest absolute Gasteiger partial charge is 0.476 e. The second-order valence-electron chi connectivity index (χ2n) is 7.09. The summed E-state index contributed by atoms with van der Waals surface area (Å²) in [4.78, 5) is 54.3.